The van der Waals surface area contributed by atoms with Gasteiger partial charge in [0.25, 0.3) is 5.91 Å². The largest absolute Gasteiger partial charge is 0.506 e. The molecule has 2 N–H and O–H groups in total. The third-order valence-corrected chi connectivity index (χ3v) is 3.88. The normalized spacial score (nSPS) is 11.0. The number of phenols is 1. The predicted octanol–water partition coefficient (Wildman–Crippen LogP) is 4.55. The Morgan fingerprint density at radius 1 is 1.26 bits per heavy atom. The second-order valence-electron chi connectivity index (χ2n) is 4.75. The van der Waals surface area contributed by atoms with Crippen LogP contribution < -0.4 is 5.32 Å². The van der Waals surface area contributed by atoms with E-state index in [0.717, 1.165) is 0 Å². The number of rotatable bonds is 3. The minimum absolute atomic E-state index is 0.0682. The molecule has 23 heavy (non-hydrogen) atoms. The highest BCUT2D eigenvalue weighted by Gasteiger charge is 2.12. The fourth-order valence-electron chi connectivity index (χ4n) is 1.86. The van der Waals surface area contributed by atoms with Crippen LogP contribution in [0.4, 0.5) is 5.69 Å². The van der Waals surface area contributed by atoms with Crippen molar-refractivity contribution in [3.05, 3.63) is 63.1 Å². The van der Waals surface area contributed by atoms with Crippen LogP contribution in [-0.4, -0.2) is 11.0 Å². The number of halogens is 2. The van der Waals surface area contributed by atoms with Crippen molar-refractivity contribution in [2.24, 2.45) is 0 Å². The Kier molecular flexibility index (Phi) is 5.28. The van der Waals surface area contributed by atoms with Gasteiger partial charge >= 0.3 is 0 Å². The second-order valence-corrected chi connectivity index (χ2v) is 5.56. The molecule has 6 heteroatoms. The van der Waals surface area contributed by atoms with Gasteiger partial charge in [-0.05, 0) is 48.4 Å². The summed E-state index contributed by atoms with van der Waals surface area (Å²) in [5, 5.41) is 21.9. The van der Waals surface area contributed by atoms with Crippen LogP contribution in [0.3, 0.4) is 0 Å². The Hall–Kier alpha value is -2.48. The molecule has 0 saturated carbocycles. The lowest BCUT2D eigenvalue weighted by Gasteiger charge is -2.09. The summed E-state index contributed by atoms with van der Waals surface area (Å²) in [7, 11) is 0. The molecular weight excluding hydrogens is 335 g/mol. The first kappa shape index (κ1) is 16.9. The van der Waals surface area contributed by atoms with Crippen molar-refractivity contribution in [2.75, 3.05) is 5.32 Å². The molecular formula is C17H12Cl2N2O2. The number of phenolic OH excluding ortho intramolecular Hbond substituents is 1. The van der Waals surface area contributed by atoms with E-state index in [-0.39, 0.29) is 16.3 Å². The molecule has 0 aliphatic rings. The predicted molar refractivity (Wildman–Crippen MR) is 91.5 cm³/mol. The molecule has 2 aromatic carbocycles. The Bertz CT molecular complexity index is 839. The highest BCUT2D eigenvalue weighted by Crippen LogP contribution is 2.26. The lowest BCUT2D eigenvalue weighted by molar-refractivity contribution is -0.112. The number of nitrogens with zero attached hydrogens (tertiary/aromatic N) is 1. The molecule has 0 aliphatic carbocycles. The Labute approximate surface area is 143 Å². The molecule has 4 nitrogen and oxygen atoms in total. The maximum atomic E-state index is 12.2. The molecule has 1 amide bonds. The van der Waals surface area contributed by atoms with Gasteiger partial charge in [-0.3, -0.25) is 4.79 Å². The summed E-state index contributed by atoms with van der Waals surface area (Å²) in [5.41, 5.74) is 1.69. The Morgan fingerprint density at radius 2 is 2.00 bits per heavy atom. The van der Waals surface area contributed by atoms with Crippen molar-refractivity contribution in [2.45, 2.75) is 6.92 Å². The first-order valence-corrected chi connectivity index (χ1v) is 7.34. The zero-order chi connectivity index (χ0) is 17.0. The van der Waals surface area contributed by atoms with Crippen LogP contribution >= 0.6 is 23.2 Å². The van der Waals surface area contributed by atoms with Crippen LogP contribution in [0.2, 0.25) is 10.0 Å². The quantitative estimate of drug-likeness (QED) is 0.632. The van der Waals surface area contributed by atoms with E-state index in [4.69, 9.17) is 23.2 Å². The van der Waals surface area contributed by atoms with Crippen LogP contribution in [0.5, 0.6) is 5.75 Å². The Balaban J connectivity index is 2.28. The van der Waals surface area contributed by atoms with Crippen LogP contribution in [0.1, 0.15) is 11.1 Å². The number of nitriles is 1. The minimum atomic E-state index is -0.554. The number of amides is 1. The number of nitrogens with one attached hydrogen (secondary N) is 1. The van der Waals surface area contributed by atoms with E-state index in [9.17, 15) is 15.2 Å². The van der Waals surface area contributed by atoms with Crippen LogP contribution in [0.25, 0.3) is 6.08 Å². The SMILES string of the molecule is Cc1c(Cl)cccc1NC(=O)C(C#N)=Cc1ccc(O)c(Cl)c1. The zero-order valence-corrected chi connectivity index (χ0v) is 13.6. The monoisotopic (exact) mass is 346 g/mol. The summed E-state index contributed by atoms with van der Waals surface area (Å²) in [4.78, 5) is 12.2. The third-order valence-electron chi connectivity index (χ3n) is 3.16. The van der Waals surface area contributed by atoms with E-state index < -0.39 is 5.91 Å². The van der Waals surface area contributed by atoms with Gasteiger partial charge in [0.15, 0.2) is 0 Å². The van der Waals surface area contributed by atoms with E-state index in [0.29, 0.717) is 21.8 Å². The Morgan fingerprint density at radius 3 is 2.65 bits per heavy atom. The molecule has 0 radical (unpaired) electrons. The molecule has 0 spiro atoms. The molecule has 0 heterocycles. The van der Waals surface area contributed by atoms with Crippen molar-refractivity contribution in [1.82, 2.24) is 0 Å². The van der Waals surface area contributed by atoms with E-state index in [1.54, 1.807) is 31.2 Å². The average molecular weight is 347 g/mol. The van der Waals surface area contributed by atoms with Gasteiger partial charge in [0.05, 0.1) is 5.02 Å². The second kappa shape index (κ2) is 7.19. The molecule has 116 valence electrons. The van der Waals surface area contributed by atoms with Crippen molar-refractivity contribution in [3.63, 3.8) is 0 Å². The topological polar surface area (TPSA) is 73.1 Å². The van der Waals surface area contributed by atoms with E-state index in [2.05, 4.69) is 5.32 Å². The highest BCUT2D eigenvalue weighted by molar-refractivity contribution is 6.32. The van der Waals surface area contributed by atoms with E-state index >= 15 is 0 Å². The number of aromatic hydroxyl groups is 1. The fourth-order valence-corrected chi connectivity index (χ4v) is 2.22. The third kappa shape index (κ3) is 4.04. The van der Waals surface area contributed by atoms with Gasteiger partial charge in [0, 0.05) is 10.7 Å². The number of benzene rings is 2. The maximum Gasteiger partial charge on any atom is 0.266 e. The molecule has 0 aromatic heterocycles. The van der Waals surface area contributed by atoms with Gasteiger partial charge in [-0.25, -0.2) is 0 Å². The summed E-state index contributed by atoms with van der Waals surface area (Å²) in [6, 6.07) is 11.4. The van der Waals surface area contributed by atoms with Gasteiger partial charge in [0.1, 0.15) is 17.4 Å². The first-order chi connectivity index (χ1) is 10.9. The van der Waals surface area contributed by atoms with Gasteiger partial charge in [-0.1, -0.05) is 35.3 Å². The summed E-state index contributed by atoms with van der Waals surface area (Å²) >= 11 is 11.8. The molecule has 0 fully saturated rings. The van der Waals surface area contributed by atoms with Gasteiger partial charge in [-0.2, -0.15) is 5.26 Å². The lowest BCUT2D eigenvalue weighted by atomic mass is 10.1. The molecule has 0 aliphatic heterocycles. The first-order valence-electron chi connectivity index (χ1n) is 6.59. The van der Waals surface area contributed by atoms with E-state index in [1.807, 2.05) is 6.07 Å². The van der Waals surface area contributed by atoms with Crippen molar-refractivity contribution < 1.29 is 9.90 Å². The summed E-state index contributed by atoms with van der Waals surface area (Å²) in [6.07, 6.45) is 1.39. The molecule has 0 unspecified atom stereocenters. The number of carbonyl (C=O) groups excluding carboxylic acids is 1. The summed E-state index contributed by atoms with van der Waals surface area (Å²) < 4.78 is 0. The molecule has 0 atom stereocenters. The van der Waals surface area contributed by atoms with Crippen molar-refractivity contribution >= 4 is 40.9 Å². The number of hydrogen-bond donors (Lipinski definition) is 2. The minimum Gasteiger partial charge on any atom is -0.506 e. The standard InChI is InChI=1S/C17H12Cl2N2O2/c1-10-13(18)3-2-4-15(10)21-17(23)12(9-20)7-11-5-6-16(22)14(19)8-11/h2-8,22H,1H3,(H,21,23). The van der Waals surface area contributed by atoms with Gasteiger partial charge in [0.2, 0.25) is 0 Å². The number of anilines is 1. The molecule has 0 bridgehead atoms. The smallest absolute Gasteiger partial charge is 0.266 e. The highest BCUT2D eigenvalue weighted by atomic mass is 35.5. The van der Waals surface area contributed by atoms with Crippen LogP contribution in [0.15, 0.2) is 42.0 Å². The van der Waals surface area contributed by atoms with E-state index in [1.165, 1.54) is 18.2 Å². The zero-order valence-electron chi connectivity index (χ0n) is 12.1. The van der Waals surface area contributed by atoms with Gasteiger partial charge < -0.3 is 10.4 Å². The summed E-state index contributed by atoms with van der Waals surface area (Å²) in [5.74, 6) is -0.622. The molecule has 2 aromatic rings. The maximum absolute atomic E-state index is 12.2. The molecule has 0 saturated heterocycles. The van der Waals surface area contributed by atoms with Crippen LogP contribution in [0, 0.1) is 18.3 Å². The number of hydrogen-bond acceptors (Lipinski definition) is 3. The van der Waals surface area contributed by atoms with Crippen molar-refractivity contribution in [1.29, 1.82) is 5.26 Å². The average Bonchev–Trinajstić information content (AvgIpc) is 2.52. The van der Waals surface area contributed by atoms with Gasteiger partial charge in [-0.15, -0.1) is 0 Å². The fraction of sp³-hybridized carbons (Fsp3) is 0.0588. The van der Waals surface area contributed by atoms with Crippen molar-refractivity contribution in [3.8, 4) is 11.8 Å². The summed E-state index contributed by atoms with van der Waals surface area (Å²) in [6.45, 7) is 1.77. The lowest BCUT2D eigenvalue weighted by Crippen LogP contribution is -2.14. The number of carbonyl (C=O) groups is 1. The van der Waals surface area contributed by atoms with Crippen LogP contribution in [-0.2, 0) is 4.79 Å². The molecule has 2 rings (SSSR count).